The summed E-state index contributed by atoms with van der Waals surface area (Å²) in [6.45, 7) is 0.367. The fraction of sp³-hybridized carbons (Fsp3) is 0.300. The zero-order chi connectivity index (χ0) is 10.8. The van der Waals surface area contributed by atoms with E-state index < -0.39 is 11.9 Å². The third-order valence-electron chi connectivity index (χ3n) is 2.31. The summed E-state index contributed by atoms with van der Waals surface area (Å²) in [6.07, 6.45) is 2.26. The van der Waals surface area contributed by atoms with E-state index in [2.05, 4.69) is 4.98 Å². The highest BCUT2D eigenvalue weighted by Crippen LogP contribution is 2.15. The Morgan fingerprint density at radius 1 is 1.53 bits per heavy atom. The Kier molecular flexibility index (Phi) is 2.45. The van der Waals surface area contributed by atoms with Crippen LogP contribution in [0.25, 0.3) is 0 Å². The minimum atomic E-state index is -0.831. The summed E-state index contributed by atoms with van der Waals surface area (Å²) in [6, 6.07) is 2.80. The van der Waals surface area contributed by atoms with Crippen molar-refractivity contribution in [1.29, 1.82) is 0 Å². The second-order valence-electron chi connectivity index (χ2n) is 3.30. The lowest BCUT2D eigenvalue weighted by Crippen LogP contribution is -2.32. The molecule has 1 saturated heterocycles. The molecule has 0 spiro atoms. The Balaban J connectivity index is 2.28. The molecule has 1 fully saturated rings. The standard InChI is InChI=1S/C10H9FN2O2/c11-9-7(3-1-5-12-9)10(15)13-6-2-4-8(13)14/h1,3,5H,2,4,6H2. The van der Waals surface area contributed by atoms with E-state index in [1.165, 1.54) is 18.3 Å². The second-order valence-corrected chi connectivity index (χ2v) is 3.30. The molecule has 2 amide bonds. The molecule has 0 aliphatic carbocycles. The van der Waals surface area contributed by atoms with Crippen LogP contribution >= 0.6 is 0 Å². The fourth-order valence-electron chi connectivity index (χ4n) is 1.55. The molecule has 0 bridgehead atoms. The van der Waals surface area contributed by atoms with Crippen LogP contribution in [0.1, 0.15) is 23.2 Å². The molecular weight excluding hydrogens is 199 g/mol. The molecule has 0 N–H and O–H groups in total. The first-order chi connectivity index (χ1) is 7.20. The Morgan fingerprint density at radius 2 is 2.33 bits per heavy atom. The number of amides is 2. The number of pyridine rings is 1. The number of aromatic nitrogens is 1. The van der Waals surface area contributed by atoms with E-state index in [4.69, 9.17) is 0 Å². The molecule has 5 heteroatoms. The average molecular weight is 208 g/mol. The molecule has 15 heavy (non-hydrogen) atoms. The van der Waals surface area contributed by atoms with E-state index in [0.29, 0.717) is 19.4 Å². The van der Waals surface area contributed by atoms with Crippen molar-refractivity contribution in [3.05, 3.63) is 29.8 Å². The third-order valence-corrected chi connectivity index (χ3v) is 2.31. The fourth-order valence-corrected chi connectivity index (χ4v) is 1.55. The van der Waals surface area contributed by atoms with Crippen molar-refractivity contribution in [2.45, 2.75) is 12.8 Å². The molecule has 78 valence electrons. The highest BCUT2D eigenvalue weighted by Gasteiger charge is 2.28. The summed E-state index contributed by atoms with van der Waals surface area (Å²) in [5.74, 6) is -1.67. The molecule has 0 radical (unpaired) electrons. The maximum absolute atomic E-state index is 13.2. The van der Waals surface area contributed by atoms with Crippen LogP contribution in [0.2, 0.25) is 0 Å². The Labute approximate surface area is 85.7 Å². The number of halogens is 1. The summed E-state index contributed by atoms with van der Waals surface area (Å²) in [5, 5.41) is 0. The maximum Gasteiger partial charge on any atom is 0.265 e. The van der Waals surface area contributed by atoms with E-state index in [9.17, 15) is 14.0 Å². The van der Waals surface area contributed by atoms with Crippen molar-refractivity contribution in [3.63, 3.8) is 0 Å². The normalized spacial score (nSPS) is 15.8. The molecule has 1 aromatic rings. The van der Waals surface area contributed by atoms with Crippen molar-refractivity contribution in [2.24, 2.45) is 0 Å². The number of carbonyl (C=O) groups is 2. The van der Waals surface area contributed by atoms with E-state index in [0.717, 1.165) is 4.90 Å². The molecule has 0 atom stereocenters. The lowest BCUT2D eigenvalue weighted by Gasteiger charge is -2.13. The molecular formula is C10H9FN2O2. The topological polar surface area (TPSA) is 50.3 Å². The number of hydrogen-bond donors (Lipinski definition) is 0. The lowest BCUT2D eigenvalue weighted by molar-refractivity contribution is -0.125. The van der Waals surface area contributed by atoms with Gasteiger partial charge in [0.25, 0.3) is 5.91 Å². The van der Waals surface area contributed by atoms with E-state index >= 15 is 0 Å². The van der Waals surface area contributed by atoms with Crippen LogP contribution in [0, 0.1) is 5.95 Å². The van der Waals surface area contributed by atoms with Gasteiger partial charge in [0, 0.05) is 19.2 Å². The van der Waals surface area contributed by atoms with E-state index in [1.807, 2.05) is 0 Å². The van der Waals surface area contributed by atoms with Gasteiger partial charge in [-0.15, -0.1) is 0 Å². The number of carbonyl (C=O) groups excluding carboxylic acids is 2. The van der Waals surface area contributed by atoms with Crippen molar-refractivity contribution in [2.75, 3.05) is 6.54 Å². The molecule has 0 saturated carbocycles. The highest BCUT2D eigenvalue weighted by molar-refractivity contribution is 6.05. The lowest BCUT2D eigenvalue weighted by atomic mass is 10.2. The number of likely N-dealkylation sites (tertiary alicyclic amines) is 1. The van der Waals surface area contributed by atoms with Crippen molar-refractivity contribution >= 4 is 11.8 Å². The summed E-state index contributed by atoms with van der Waals surface area (Å²) in [5.41, 5.74) is -0.146. The van der Waals surface area contributed by atoms with Gasteiger partial charge in [-0.05, 0) is 18.6 Å². The summed E-state index contributed by atoms with van der Waals surface area (Å²) in [4.78, 5) is 27.4. The monoisotopic (exact) mass is 208 g/mol. The zero-order valence-electron chi connectivity index (χ0n) is 7.94. The van der Waals surface area contributed by atoms with Gasteiger partial charge < -0.3 is 0 Å². The van der Waals surface area contributed by atoms with Crippen LogP contribution in [0.4, 0.5) is 4.39 Å². The van der Waals surface area contributed by atoms with Crippen molar-refractivity contribution in [3.8, 4) is 0 Å². The molecule has 1 aromatic heterocycles. The van der Waals surface area contributed by atoms with Gasteiger partial charge in [0.1, 0.15) is 0 Å². The Bertz CT molecular complexity index is 420. The molecule has 1 aliphatic rings. The minimum Gasteiger partial charge on any atom is -0.278 e. The Morgan fingerprint density at radius 3 is 2.93 bits per heavy atom. The van der Waals surface area contributed by atoms with Crippen LogP contribution in [0.5, 0.6) is 0 Å². The van der Waals surface area contributed by atoms with Gasteiger partial charge in [0.2, 0.25) is 11.9 Å². The number of rotatable bonds is 1. The first-order valence-electron chi connectivity index (χ1n) is 4.65. The van der Waals surface area contributed by atoms with Crippen LogP contribution in [0.3, 0.4) is 0 Å². The number of imide groups is 1. The molecule has 0 aromatic carbocycles. The van der Waals surface area contributed by atoms with Gasteiger partial charge >= 0.3 is 0 Å². The predicted molar refractivity (Wildman–Crippen MR) is 49.5 cm³/mol. The maximum atomic E-state index is 13.2. The Hall–Kier alpha value is -1.78. The van der Waals surface area contributed by atoms with Gasteiger partial charge in [-0.25, -0.2) is 4.98 Å². The summed E-state index contributed by atoms with van der Waals surface area (Å²) >= 11 is 0. The van der Waals surface area contributed by atoms with Crippen molar-refractivity contribution < 1.29 is 14.0 Å². The summed E-state index contributed by atoms with van der Waals surface area (Å²) in [7, 11) is 0. The van der Waals surface area contributed by atoms with E-state index in [-0.39, 0.29) is 11.5 Å². The van der Waals surface area contributed by atoms with E-state index in [1.54, 1.807) is 0 Å². The average Bonchev–Trinajstić information content (AvgIpc) is 2.64. The minimum absolute atomic E-state index is 0.146. The zero-order valence-corrected chi connectivity index (χ0v) is 7.94. The summed E-state index contributed by atoms with van der Waals surface area (Å²) < 4.78 is 13.2. The number of hydrogen-bond acceptors (Lipinski definition) is 3. The smallest absolute Gasteiger partial charge is 0.265 e. The van der Waals surface area contributed by atoms with Crippen LogP contribution in [-0.4, -0.2) is 28.2 Å². The van der Waals surface area contributed by atoms with Crippen LogP contribution in [0.15, 0.2) is 18.3 Å². The van der Waals surface area contributed by atoms with Gasteiger partial charge in [-0.3, -0.25) is 14.5 Å². The first kappa shape index (κ1) is 9.76. The molecule has 0 unspecified atom stereocenters. The third kappa shape index (κ3) is 1.72. The van der Waals surface area contributed by atoms with Crippen LogP contribution < -0.4 is 0 Å². The molecule has 1 aliphatic heterocycles. The van der Waals surface area contributed by atoms with Gasteiger partial charge in [0.15, 0.2) is 0 Å². The largest absolute Gasteiger partial charge is 0.278 e. The second kappa shape index (κ2) is 3.76. The molecule has 4 nitrogen and oxygen atoms in total. The number of nitrogens with zero attached hydrogens (tertiary/aromatic N) is 2. The first-order valence-corrected chi connectivity index (χ1v) is 4.65. The highest BCUT2D eigenvalue weighted by atomic mass is 19.1. The predicted octanol–water partition coefficient (Wildman–Crippen LogP) is 0.983. The molecule has 2 rings (SSSR count). The van der Waals surface area contributed by atoms with Crippen molar-refractivity contribution in [1.82, 2.24) is 9.88 Å². The van der Waals surface area contributed by atoms with Crippen LogP contribution in [-0.2, 0) is 4.79 Å². The van der Waals surface area contributed by atoms with Gasteiger partial charge in [0.05, 0.1) is 5.56 Å². The molecule has 2 heterocycles. The quantitative estimate of drug-likeness (QED) is 0.510. The SMILES string of the molecule is O=C1CCCN1C(=O)c1cccnc1F. The van der Waals surface area contributed by atoms with Gasteiger partial charge in [-0.2, -0.15) is 4.39 Å². The van der Waals surface area contributed by atoms with Gasteiger partial charge in [-0.1, -0.05) is 0 Å².